The topological polar surface area (TPSA) is 40.5 Å². The summed E-state index contributed by atoms with van der Waals surface area (Å²) in [6.07, 6.45) is 1.55. The summed E-state index contributed by atoms with van der Waals surface area (Å²) in [4.78, 5) is 14.7. The van der Waals surface area contributed by atoms with Crippen LogP contribution in [0.25, 0.3) is 0 Å². The maximum absolute atomic E-state index is 12.8. The molecule has 3 rings (SSSR count). The molecule has 0 radical (unpaired) electrons. The number of rotatable bonds is 1. The molecule has 19 heavy (non-hydrogen) atoms. The van der Waals surface area contributed by atoms with Crippen molar-refractivity contribution in [3.8, 4) is 0 Å². The highest BCUT2D eigenvalue weighted by atomic mass is 35.5. The van der Waals surface area contributed by atoms with Crippen molar-refractivity contribution >= 4 is 17.5 Å². The number of carbonyl (C=O) groups excluding carboxylic acids is 1. The summed E-state index contributed by atoms with van der Waals surface area (Å²) in [6.45, 7) is 3.36. The molecule has 2 aliphatic rings. The van der Waals surface area contributed by atoms with Gasteiger partial charge in [-0.3, -0.25) is 4.79 Å². The molecule has 1 aliphatic heterocycles. The van der Waals surface area contributed by atoms with E-state index < -0.39 is 5.41 Å². The Morgan fingerprint density at radius 1 is 1.53 bits per heavy atom. The number of carbonyl (C=O) groups is 1. The van der Waals surface area contributed by atoms with Gasteiger partial charge in [-0.15, -0.1) is 0 Å². The lowest BCUT2D eigenvalue weighted by Gasteiger charge is -2.40. The largest absolute Gasteiger partial charge is 0.393 e. The third-order valence-electron chi connectivity index (χ3n) is 4.52. The van der Waals surface area contributed by atoms with E-state index in [0.717, 1.165) is 12.0 Å². The molecule has 1 saturated carbocycles. The minimum Gasteiger partial charge on any atom is -0.393 e. The maximum atomic E-state index is 12.8. The molecule has 0 bridgehead atoms. The Labute approximate surface area is 118 Å². The van der Waals surface area contributed by atoms with Crippen LogP contribution in [0.4, 0.5) is 0 Å². The van der Waals surface area contributed by atoms with Crippen molar-refractivity contribution < 1.29 is 9.90 Å². The Balaban J connectivity index is 2.16. The van der Waals surface area contributed by atoms with Crippen molar-refractivity contribution in [3.05, 3.63) is 34.3 Å². The average molecular weight is 280 g/mol. The smallest absolute Gasteiger partial charge is 0.233 e. The van der Waals surface area contributed by atoms with E-state index >= 15 is 0 Å². The van der Waals surface area contributed by atoms with Crippen molar-refractivity contribution in [3.63, 3.8) is 0 Å². The lowest BCUT2D eigenvalue weighted by atomic mass is 9.73. The summed E-state index contributed by atoms with van der Waals surface area (Å²) >= 11 is 6.11. The molecule has 4 heteroatoms. The van der Waals surface area contributed by atoms with Gasteiger partial charge in [0.05, 0.1) is 11.5 Å². The van der Waals surface area contributed by atoms with Crippen LogP contribution in [0.1, 0.15) is 37.3 Å². The SMILES string of the molecule is CCN1Cc2ccc(Cl)cc2C2(CCC(O)C2)C1=O. The third kappa shape index (κ3) is 1.87. The predicted octanol–water partition coefficient (Wildman–Crippen LogP) is 2.48. The molecule has 0 saturated heterocycles. The number of hydrogen-bond acceptors (Lipinski definition) is 2. The molecular formula is C15H18ClNO2. The summed E-state index contributed by atoms with van der Waals surface area (Å²) in [5, 5.41) is 10.6. The Hall–Kier alpha value is -1.06. The molecule has 1 spiro atoms. The van der Waals surface area contributed by atoms with Gasteiger partial charge in [-0.2, -0.15) is 0 Å². The summed E-state index contributed by atoms with van der Waals surface area (Å²) in [6, 6.07) is 5.81. The van der Waals surface area contributed by atoms with Gasteiger partial charge < -0.3 is 10.0 Å². The lowest BCUT2D eigenvalue weighted by Crippen LogP contribution is -2.49. The Morgan fingerprint density at radius 3 is 2.95 bits per heavy atom. The first kappa shape index (κ1) is 12.9. The van der Waals surface area contributed by atoms with E-state index in [0.29, 0.717) is 31.0 Å². The summed E-state index contributed by atoms with van der Waals surface area (Å²) in [5.41, 5.74) is 1.65. The first-order chi connectivity index (χ1) is 9.06. The molecule has 0 aromatic heterocycles. The van der Waals surface area contributed by atoms with Crippen molar-refractivity contribution in [1.82, 2.24) is 4.90 Å². The van der Waals surface area contributed by atoms with Crippen LogP contribution in [0.3, 0.4) is 0 Å². The fraction of sp³-hybridized carbons (Fsp3) is 0.533. The Morgan fingerprint density at radius 2 is 2.32 bits per heavy atom. The van der Waals surface area contributed by atoms with E-state index in [1.807, 2.05) is 30.0 Å². The van der Waals surface area contributed by atoms with E-state index in [4.69, 9.17) is 11.6 Å². The molecule has 1 aromatic rings. The number of aliphatic hydroxyl groups is 1. The number of amides is 1. The molecular weight excluding hydrogens is 262 g/mol. The maximum Gasteiger partial charge on any atom is 0.233 e. The van der Waals surface area contributed by atoms with Gasteiger partial charge >= 0.3 is 0 Å². The third-order valence-corrected chi connectivity index (χ3v) is 4.75. The Bertz CT molecular complexity index is 531. The van der Waals surface area contributed by atoms with Crippen molar-refractivity contribution in [1.29, 1.82) is 0 Å². The predicted molar refractivity (Wildman–Crippen MR) is 74.1 cm³/mol. The molecule has 2 atom stereocenters. The molecule has 1 amide bonds. The number of halogens is 1. The fourth-order valence-corrected chi connectivity index (χ4v) is 3.71. The molecule has 1 N–H and O–H groups in total. The number of nitrogens with zero attached hydrogens (tertiary/aromatic N) is 1. The lowest BCUT2D eigenvalue weighted by molar-refractivity contribution is -0.139. The summed E-state index contributed by atoms with van der Waals surface area (Å²) in [5.74, 6) is 0.154. The van der Waals surface area contributed by atoms with Gasteiger partial charge in [0.15, 0.2) is 0 Å². The van der Waals surface area contributed by atoms with E-state index in [1.165, 1.54) is 5.56 Å². The van der Waals surface area contributed by atoms with Crippen LogP contribution in [0.15, 0.2) is 18.2 Å². The van der Waals surface area contributed by atoms with Gasteiger partial charge in [0, 0.05) is 18.1 Å². The standard InChI is InChI=1S/C15H18ClNO2/c1-2-17-9-10-3-4-11(16)7-13(10)15(14(17)19)6-5-12(18)8-15/h3-4,7,12,18H,2,5-6,8-9H2,1H3. The van der Waals surface area contributed by atoms with Crippen LogP contribution in [0, 0.1) is 0 Å². The Kier molecular flexibility index (Phi) is 3.06. The zero-order valence-corrected chi connectivity index (χ0v) is 11.8. The highest BCUT2D eigenvalue weighted by Crippen LogP contribution is 2.47. The molecule has 1 fully saturated rings. The summed E-state index contributed by atoms with van der Waals surface area (Å²) in [7, 11) is 0. The van der Waals surface area contributed by atoms with Crippen LogP contribution in [0.5, 0.6) is 0 Å². The van der Waals surface area contributed by atoms with E-state index in [1.54, 1.807) is 0 Å². The second-order valence-electron chi connectivity index (χ2n) is 5.60. The second-order valence-corrected chi connectivity index (χ2v) is 6.04. The highest BCUT2D eigenvalue weighted by molar-refractivity contribution is 6.30. The molecule has 2 unspecified atom stereocenters. The van der Waals surface area contributed by atoms with Crippen LogP contribution >= 0.6 is 11.6 Å². The van der Waals surface area contributed by atoms with Gasteiger partial charge in [0.1, 0.15) is 0 Å². The van der Waals surface area contributed by atoms with Crippen molar-refractivity contribution in [2.24, 2.45) is 0 Å². The average Bonchev–Trinajstić information content (AvgIpc) is 2.78. The normalized spacial score (nSPS) is 29.9. The monoisotopic (exact) mass is 279 g/mol. The van der Waals surface area contributed by atoms with Gasteiger partial charge in [0.25, 0.3) is 0 Å². The van der Waals surface area contributed by atoms with Crippen LogP contribution < -0.4 is 0 Å². The number of aliphatic hydroxyl groups excluding tert-OH is 1. The van der Waals surface area contributed by atoms with Crippen molar-refractivity contribution in [2.45, 2.75) is 44.2 Å². The quantitative estimate of drug-likeness (QED) is 0.858. The molecule has 102 valence electrons. The molecule has 1 aromatic carbocycles. The van der Waals surface area contributed by atoms with E-state index in [9.17, 15) is 9.90 Å². The minimum absolute atomic E-state index is 0.154. The molecule has 3 nitrogen and oxygen atoms in total. The minimum atomic E-state index is -0.548. The first-order valence-corrected chi connectivity index (χ1v) is 7.21. The zero-order valence-electron chi connectivity index (χ0n) is 11.0. The molecule has 1 aliphatic carbocycles. The van der Waals surface area contributed by atoms with Crippen LogP contribution in [-0.2, 0) is 16.8 Å². The number of benzene rings is 1. The van der Waals surface area contributed by atoms with Gasteiger partial charge in [-0.25, -0.2) is 0 Å². The van der Waals surface area contributed by atoms with E-state index in [2.05, 4.69) is 0 Å². The summed E-state index contributed by atoms with van der Waals surface area (Å²) < 4.78 is 0. The number of likely N-dealkylation sites (N-methyl/N-ethyl adjacent to an activating group) is 1. The van der Waals surface area contributed by atoms with Gasteiger partial charge in [-0.1, -0.05) is 17.7 Å². The first-order valence-electron chi connectivity index (χ1n) is 6.83. The number of fused-ring (bicyclic) bond motifs is 2. The second kappa shape index (κ2) is 4.50. The van der Waals surface area contributed by atoms with E-state index in [-0.39, 0.29) is 12.0 Å². The van der Waals surface area contributed by atoms with Crippen molar-refractivity contribution in [2.75, 3.05) is 6.54 Å². The number of hydrogen-bond donors (Lipinski definition) is 1. The van der Waals surface area contributed by atoms with Crippen LogP contribution in [0.2, 0.25) is 5.02 Å². The van der Waals surface area contributed by atoms with Gasteiger partial charge in [-0.05, 0) is 49.4 Å². The highest BCUT2D eigenvalue weighted by Gasteiger charge is 2.51. The fourth-order valence-electron chi connectivity index (χ4n) is 3.54. The molecule has 1 heterocycles. The van der Waals surface area contributed by atoms with Crippen LogP contribution in [-0.4, -0.2) is 28.6 Å². The van der Waals surface area contributed by atoms with Gasteiger partial charge in [0.2, 0.25) is 5.91 Å². The zero-order chi connectivity index (χ0) is 13.6.